The molecule has 0 amide bonds. The van der Waals surface area contributed by atoms with Crippen molar-refractivity contribution in [2.45, 2.75) is 35.9 Å². The van der Waals surface area contributed by atoms with Crippen molar-refractivity contribution in [1.82, 2.24) is 14.8 Å². The minimum absolute atomic E-state index is 0.131. The van der Waals surface area contributed by atoms with Crippen LogP contribution in [0.4, 0.5) is 13.2 Å². The molecule has 7 nitrogen and oxygen atoms in total. The van der Waals surface area contributed by atoms with Crippen molar-refractivity contribution in [2.75, 3.05) is 13.2 Å². The largest absolute Gasteiger partial charge is 0.382 e. The van der Waals surface area contributed by atoms with Crippen molar-refractivity contribution in [2.24, 2.45) is 0 Å². The molecular weight excluding hydrogens is 517 g/mol. The Labute approximate surface area is 222 Å². The first kappa shape index (κ1) is 27.6. The first-order chi connectivity index (χ1) is 18.3. The highest BCUT2D eigenvalue weighted by molar-refractivity contribution is 8.00. The number of rotatable bonds is 9. The summed E-state index contributed by atoms with van der Waals surface area (Å²) in [6.07, 6.45) is 8.62. The molecule has 3 aromatic rings. The number of ether oxygens (including phenoxy) is 2. The second-order valence-corrected chi connectivity index (χ2v) is 10.3. The lowest BCUT2D eigenvalue weighted by Crippen LogP contribution is -2.44. The molecule has 1 aliphatic rings. The third-order valence-corrected chi connectivity index (χ3v) is 7.49. The SMILES string of the molecule is C[C@@H](S[C@H]1CO[C@H](/C=C/C=C/c2ccc(C#N)cc2F)OC1)[C@](O)(Cn1cncn1)c1cccc(F)c1F. The summed E-state index contributed by atoms with van der Waals surface area (Å²) in [7, 11) is 0. The monoisotopic (exact) mass is 542 g/mol. The van der Waals surface area contributed by atoms with E-state index in [1.54, 1.807) is 31.2 Å². The molecule has 1 saturated heterocycles. The van der Waals surface area contributed by atoms with Crippen molar-refractivity contribution in [3.63, 3.8) is 0 Å². The van der Waals surface area contributed by atoms with Gasteiger partial charge in [-0.2, -0.15) is 10.4 Å². The number of nitriles is 1. The number of nitrogens with zero attached hydrogens (tertiary/aromatic N) is 4. The Bertz CT molecular complexity index is 1340. The van der Waals surface area contributed by atoms with Gasteiger partial charge in [-0.25, -0.2) is 22.8 Å². The number of thioether (sulfide) groups is 1. The van der Waals surface area contributed by atoms with Gasteiger partial charge in [0, 0.05) is 16.4 Å². The highest BCUT2D eigenvalue weighted by atomic mass is 32.2. The molecule has 0 aliphatic carbocycles. The first-order valence-corrected chi connectivity index (χ1v) is 12.7. The van der Waals surface area contributed by atoms with E-state index < -0.39 is 34.6 Å². The van der Waals surface area contributed by atoms with E-state index in [4.69, 9.17) is 14.7 Å². The zero-order chi connectivity index (χ0) is 27.1. The molecule has 2 heterocycles. The predicted molar refractivity (Wildman–Crippen MR) is 136 cm³/mol. The van der Waals surface area contributed by atoms with Gasteiger partial charge in [0.25, 0.3) is 0 Å². The number of hydrogen-bond acceptors (Lipinski definition) is 7. The van der Waals surface area contributed by atoms with Crippen LogP contribution >= 0.6 is 11.8 Å². The lowest BCUT2D eigenvalue weighted by Gasteiger charge is -2.37. The molecule has 2 atom stereocenters. The van der Waals surface area contributed by atoms with Crippen LogP contribution in [0.1, 0.15) is 23.6 Å². The van der Waals surface area contributed by atoms with E-state index in [1.165, 1.54) is 59.4 Å². The molecular formula is C27H25F3N4O3S. The molecule has 0 unspecified atom stereocenters. The van der Waals surface area contributed by atoms with Gasteiger partial charge in [-0.05, 0) is 24.3 Å². The Morgan fingerprint density at radius 3 is 2.68 bits per heavy atom. The second kappa shape index (κ2) is 12.4. The van der Waals surface area contributed by atoms with Crippen LogP contribution in [0.5, 0.6) is 0 Å². The van der Waals surface area contributed by atoms with Crippen molar-refractivity contribution in [1.29, 1.82) is 5.26 Å². The summed E-state index contributed by atoms with van der Waals surface area (Å²) in [5.74, 6) is -2.65. The molecule has 0 radical (unpaired) electrons. The van der Waals surface area contributed by atoms with Gasteiger partial charge in [-0.1, -0.05) is 43.4 Å². The van der Waals surface area contributed by atoms with E-state index in [0.717, 1.165) is 6.07 Å². The predicted octanol–water partition coefficient (Wildman–Crippen LogP) is 4.59. The molecule has 0 spiro atoms. The molecule has 0 saturated carbocycles. The van der Waals surface area contributed by atoms with Crippen LogP contribution in [-0.2, 0) is 21.6 Å². The molecule has 1 aromatic heterocycles. The van der Waals surface area contributed by atoms with E-state index in [0.29, 0.717) is 18.8 Å². The molecule has 11 heteroatoms. The lowest BCUT2D eigenvalue weighted by molar-refractivity contribution is -0.146. The smallest absolute Gasteiger partial charge is 0.177 e. The minimum Gasteiger partial charge on any atom is -0.382 e. The van der Waals surface area contributed by atoms with Crippen LogP contribution in [0.3, 0.4) is 0 Å². The maximum absolute atomic E-state index is 14.7. The summed E-state index contributed by atoms with van der Waals surface area (Å²) in [5, 5.41) is 23.7. The third-order valence-electron chi connectivity index (χ3n) is 6.03. The number of aliphatic hydroxyl groups is 1. The average molecular weight is 543 g/mol. The van der Waals surface area contributed by atoms with Crippen molar-refractivity contribution >= 4 is 17.8 Å². The van der Waals surface area contributed by atoms with Crippen molar-refractivity contribution in [3.05, 3.63) is 101 Å². The quantitative estimate of drug-likeness (QED) is 0.396. The zero-order valence-electron chi connectivity index (χ0n) is 20.4. The summed E-state index contributed by atoms with van der Waals surface area (Å²) in [4.78, 5) is 3.87. The number of benzene rings is 2. The van der Waals surface area contributed by atoms with Gasteiger partial charge in [-0.15, -0.1) is 11.8 Å². The Morgan fingerprint density at radius 1 is 1.21 bits per heavy atom. The van der Waals surface area contributed by atoms with Crippen molar-refractivity contribution in [3.8, 4) is 6.07 Å². The topological polar surface area (TPSA) is 93.2 Å². The van der Waals surface area contributed by atoms with E-state index in [9.17, 15) is 18.3 Å². The summed E-state index contributed by atoms with van der Waals surface area (Å²) in [5.41, 5.74) is -1.37. The fourth-order valence-electron chi connectivity index (χ4n) is 3.97. The van der Waals surface area contributed by atoms with E-state index >= 15 is 0 Å². The van der Waals surface area contributed by atoms with Gasteiger partial charge < -0.3 is 14.6 Å². The van der Waals surface area contributed by atoms with Gasteiger partial charge in [0.2, 0.25) is 0 Å². The molecule has 0 bridgehead atoms. The van der Waals surface area contributed by atoms with Gasteiger partial charge in [0.05, 0.1) is 36.6 Å². The highest BCUT2D eigenvalue weighted by Gasteiger charge is 2.41. The van der Waals surface area contributed by atoms with Gasteiger partial charge in [0.15, 0.2) is 17.9 Å². The minimum atomic E-state index is -1.80. The van der Waals surface area contributed by atoms with Crippen LogP contribution in [0.15, 0.2) is 67.3 Å². The van der Waals surface area contributed by atoms with Crippen LogP contribution in [0, 0.1) is 28.8 Å². The molecule has 1 aliphatic heterocycles. The Balaban J connectivity index is 1.36. The third kappa shape index (κ3) is 6.52. The van der Waals surface area contributed by atoms with Crippen LogP contribution < -0.4 is 0 Å². The summed E-state index contributed by atoms with van der Waals surface area (Å²) >= 11 is 1.34. The van der Waals surface area contributed by atoms with Gasteiger partial charge >= 0.3 is 0 Å². The van der Waals surface area contributed by atoms with Gasteiger partial charge in [0.1, 0.15) is 24.1 Å². The van der Waals surface area contributed by atoms with E-state index in [2.05, 4.69) is 10.1 Å². The molecule has 4 rings (SSSR count). The summed E-state index contributed by atoms with van der Waals surface area (Å²) in [6.45, 7) is 2.19. The molecule has 1 fully saturated rings. The Kier molecular flexibility index (Phi) is 9.01. The number of aromatic nitrogens is 3. The highest BCUT2D eigenvalue weighted by Crippen LogP contribution is 2.39. The fraction of sp³-hybridized carbons (Fsp3) is 0.296. The molecule has 1 N–H and O–H groups in total. The Morgan fingerprint density at radius 2 is 2.00 bits per heavy atom. The van der Waals surface area contributed by atoms with Crippen molar-refractivity contribution < 1.29 is 27.8 Å². The maximum Gasteiger partial charge on any atom is 0.177 e. The fourth-order valence-corrected chi connectivity index (χ4v) is 5.29. The van der Waals surface area contributed by atoms with E-state index in [-0.39, 0.29) is 22.9 Å². The van der Waals surface area contributed by atoms with Gasteiger partial charge in [-0.3, -0.25) is 0 Å². The number of hydrogen-bond donors (Lipinski definition) is 1. The standard InChI is InChI=1S/C27H25F3N4O3S/c1-18(27(35,15-34-17-32-16-33-34)22-6-4-7-23(28)26(22)30)38-21-13-36-25(37-14-21)8-3-2-5-20-10-9-19(12-31)11-24(20)29/h2-11,16-18,21,25,35H,13-15H2,1H3/b5-2+,8-3+/t18-,21-,25-,27-/m1/s1. The second-order valence-electron chi connectivity index (χ2n) is 8.65. The lowest BCUT2D eigenvalue weighted by atomic mass is 9.90. The Hall–Kier alpha value is -3.43. The molecule has 198 valence electrons. The van der Waals surface area contributed by atoms with Crippen LogP contribution in [0.25, 0.3) is 6.08 Å². The normalized spacial score (nSPS) is 20.4. The summed E-state index contributed by atoms with van der Waals surface area (Å²) < 4.78 is 55.6. The molecule has 38 heavy (non-hydrogen) atoms. The van der Waals surface area contributed by atoms with Crippen LogP contribution in [-0.4, -0.2) is 49.9 Å². The van der Waals surface area contributed by atoms with Crippen LogP contribution in [0.2, 0.25) is 0 Å². The number of allylic oxidation sites excluding steroid dienone is 2. The zero-order valence-corrected chi connectivity index (χ0v) is 21.2. The number of halogens is 3. The molecule has 2 aromatic carbocycles. The average Bonchev–Trinajstić information content (AvgIpc) is 3.42. The maximum atomic E-state index is 14.7. The summed E-state index contributed by atoms with van der Waals surface area (Å²) in [6, 6.07) is 9.83. The first-order valence-electron chi connectivity index (χ1n) is 11.7. The van der Waals surface area contributed by atoms with E-state index in [1.807, 2.05) is 6.07 Å².